The van der Waals surface area contributed by atoms with Crippen molar-refractivity contribution in [1.29, 1.82) is 0 Å². The second kappa shape index (κ2) is 6.41. The van der Waals surface area contributed by atoms with Crippen molar-refractivity contribution in [3.8, 4) is 0 Å². The molecule has 0 spiro atoms. The minimum Gasteiger partial charge on any atom is -0.462 e. The van der Waals surface area contributed by atoms with E-state index in [1.165, 1.54) is 0 Å². The van der Waals surface area contributed by atoms with Gasteiger partial charge in [-0.2, -0.15) is 0 Å². The summed E-state index contributed by atoms with van der Waals surface area (Å²) in [7, 11) is 0. The van der Waals surface area contributed by atoms with Crippen LogP contribution in [0.5, 0.6) is 0 Å². The molecule has 1 aromatic rings. The van der Waals surface area contributed by atoms with Crippen molar-refractivity contribution in [3.63, 3.8) is 0 Å². The second-order valence-corrected chi connectivity index (χ2v) is 5.05. The van der Waals surface area contributed by atoms with Crippen molar-refractivity contribution in [2.24, 2.45) is 5.92 Å². The summed E-state index contributed by atoms with van der Waals surface area (Å²) < 4.78 is 70.3. The molecular weight excluding hydrogens is 295 g/mol. The maximum Gasteiger partial charge on any atom is 0.344 e. The van der Waals surface area contributed by atoms with Gasteiger partial charge in [-0.1, -0.05) is 19.3 Å². The van der Waals surface area contributed by atoms with Crippen molar-refractivity contribution in [2.75, 3.05) is 6.61 Å². The van der Waals surface area contributed by atoms with Crippen LogP contribution < -0.4 is 0 Å². The predicted molar refractivity (Wildman–Crippen MR) is 63.1 cm³/mol. The third-order valence-corrected chi connectivity index (χ3v) is 3.59. The summed E-state index contributed by atoms with van der Waals surface area (Å²) >= 11 is 0. The zero-order chi connectivity index (χ0) is 15.6. The highest BCUT2D eigenvalue weighted by molar-refractivity contribution is 5.90. The fourth-order valence-corrected chi connectivity index (χ4v) is 2.40. The molecule has 2 nitrogen and oxygen atoms in total. The Balaban J connectivity index is 2.15. The van der Waals surface area contributed by atoms with Crippen molar-refractivity contribution >= 4 is 5.97 Å². The fraction of sp³-hybridized carbons (Fsp3) is 0.500. The van der Waals surface area contributed by atoms with Gasteiger partial charge in [0.05, 0.1) is 6.61 Å². The molecule has 116 valence electrons. The number of hydrogen-bond acceptors (Lipinski definition) is 2. The van der Waals surface area contributed by atoms with Gasteiger partial charge in [0.25, 0.3) is 0 Å². The molecule has 2 rings (SSSR count). The number of carbonyl (C=O) groups is 1. The van der Waals surface area contributed by atoms with Crippen LogP contribution in [0.4, 0.5) is 22.0 Å². The summed E-state index contributed by atoms with van der Waals surface area (Å²) in [4.78, 5) is 11.6. The van der Waals surface area contributed by atoms with Crippen LogP contribution in [0.25, 0.3) is 0 Å². The van der Waals surface area contributed by atoms with Gasteiger partial charge in [0, 0.05) is 0 Å². The molecule has 1 aliphatic carbocycles. The number of rotatable bonds is 3. The van der Waals surface area contributed by atoms with Gasteiger partial charge < -0.3 is 4.74 Å². The number of ether oxygens (including phenoxy) is 1. The Morgan fingerprint density at radius 2 is 1.33 bits per heavy atom. The molecule has 1 fully saturated rings. The maximum absolute atomic E-state index is 13.4. The molecule has 0 N–H and O–H groups in total. The van der Waals surface area contributed by atoms with E-state index in [1.54, 1.807) is 0 Å². The van der Waals surface area contributed by atoms with E-state index < -0.39 is 40.6 Å². The summed E-state index contributed by atoms with van der Waals surface area (Å²) in [6.07, 6.45) is 4.62. The Labute approximate surface area is 117 Å². The van der Waals surface area contributed by atoms with Crippen molar-refractivity contribution < 1.29 is 31.5 Å². The van der Waals surface area contributed by atoms with Crippen molar-refractivity contribution in [2.45, 2.75) is 32.1 Å². The van der Waals surface area contributed by atoms with Crippen molar-refractivity contribution in [1.82, 2.24) is 0 Å². The summed E-state index contributed by atoms with van der Waals surface area (Å²) in [5.74, 6) is -12.4. The van der Waals surface area contributed by atoms with Gasteiger partial charge in [0.2, 0.25) is 5.82 Å². The lowest BCUT2D eigenvalue weighted by atomic mass is 9.90. The first-order valence-corrected chi connectivity index (χ1v) is 6.62. The van der Waals surface area contributed by atoms with E-state index in [0.717, 1.165) is 32.1 Å². The first-order chi connectivity index (χ1) is 9.93. The summed E-state index contributed by atoms with van der Waals surface area (Å²) in [6, 6.07) is 0. The Kier molecular flexibility index (Phi) is 4.80. The van der Waals surface area contributed by atoms with Gasteiger partial charge in [0.15, 0.2) is 23.3 Å². The number of carbonyl (C=O) groups excluding carboxylic acids is 1. The highest BCUT2D eigenvalue weighted by atomic mass is 19.2. The molecule has 0 amide bonds. The summed E-state index contributed by atoms with van der Waals surface area (Å²) in [6.45, 7) is -0.0850. The molecule has 0 heterocycles. The molecule has 21 heavy (non-hydrogen) atoms. The standard InChI is InChI=1S/C14H13F5O2/c15-9-8(10(16)12(18)13(19)11(9)17)14(20)21-6-7-4-2-1-3-5-7/h7H,1-6H2. The quantitative estimate of drug-likeness (QED) is 0.363. The Hall–Kier alpha value is -1.66. The van der Waals surface area contributed by atoms with Crippen LogP contribution in [-0.4, -0.2) is 12.6 Å². The van der Waals surface area contributed by atoms with Crippen LogP contribution in [0.3, 0.4) is 0 Å². The average Bonchev–Trinajstić information content (AvgIpc) is 2.50. The molecule has 1 aromatic carbocycles. The minimum absolute atomic E-state index is 0.0592. The molecule has 0 atom stereocenters. The number of hydrogen-bond donors (Lipinski definition) is 0. The third-order valence-electron chi connectivity index (χ3n) is 3.59. The largest absolute Gasteiger partial charge is 0.462 e. The highest BCUT2D eigenvalue weighted by Gasteiger charge is 2.31. The molecule has 1 saturated carbocycles. The predicted octanol–water partition coefficient (Wildman–Crippen LogP) is 4.12. The van der Waals surface area contributed by atoms with Crippen LogP contribution in [0.2, 0.25) is 0 Å². The Morgan fingerprint density at radius 1 is 0.857 bits per heavy atom. The van der Waals surface area contributed by atoms with E-state index in [9.17, 15) is 26.7 Å². The number of benzene rings is 1. The second-order valence-electron chi connectivity index (χ2n) is 5.05. The SMILES string of the molecule is O=C(OCC1CCCCC1)c1c(F)c(F)c(F)c(F)c1F. The van der Waals surface area contributed by atoms with E-state index in [1.807, 2.05) is 0 Å². The highest BCUT2D eigenvalue weighted by Crippen LogP contribution is 2.26. The Morgan fingerprint density at radius 3 is 1.86 bits per heavy atom. The van der Waals surface area contributed by atoms with Crippen LogP contribution >= 0.6 is 0 Å². The van der Waals surface area contributed by atoms with Gasteiger partial charge in [-0.3, -0.25) is 0 Å². The third kappa shape index (κ3) is 3.16. The zero-order valence-electron chi connectivity index (χ0n) is 11.0. The van der Waals surface area contributed by atoms with Crippen LogP contribution in [0.15, 0.2) is 0 Å². The topological polar surface area (TPSA) is 26.3 Å². The zero-order valence-corrected chi connectivity index (χ0v) is 11.0. The first-order valence-electron chi connectivity index (χ1n) is 6.62. The van der Waals surface area contributed by atoms with E-state index in [4.69, 9.17) is 4.74 Å². The van der Waals surface area contributed by atoms with E-state index >= 15 is 0 Å². The monoisotopic (exact) mass is 308 g/mol. The Bertz CT molecular complexity index is 524. The number of halogens is 5. The smallest absolute Gasteiger partial charge is 0.344 e. The molecule has 0 radical (unpaired) electrons. The molecule has 7 heteroatoms. The molecule has 0 aliphatic heterocycles. The van der Waals surface area contributed by atoms with Crippen LogP contribution in [0, 0.1) is 35.0 Å². The minimum atomic E-state index is -2.30. The van der Waals surface area contributed by atoms with Crippen LogP contribution in [0.1, 0.15) is 42.5 Å². The molecule has 0 saturated heterocycles. The van der Waals surface area contributed by atoms with Gasteiger partial charge >= 0.3 is 5.97 Å². The molecule has 1 aliphatic rings. The average molecular weight is 308 g/mol. The normalized spacial score (nSPS) is 16.0. The van der Waals surface area contributed by atoms with Crippen LogP contribution in [-0.2, 0) is 4.74 Å². The van der Waals surface area contributed by atoms with E-state index in [0.29, 0.717) is 0 Å². The van der Waals surface area contributed by atoms with Gasteiger partial charge in [-0.05, 0) is 18.8 Å². The molecule has 0 bridgehead atoms. The lowest BCUT2D eigenvalue weighted by molar-refractivity contribution is 0.0396. The van der Waals surface area contributed by atoms with Gasteiger partial charge in [0.1, 0.15) is 5.56 Å². The van der Waals surface area contributed by atoms with E-state index in [-0.39, 0.29) is 12.5 Å². The lowest BCUT2D eigenvalue weighted by Crippen LogP contribution is -2.20. The molecule has 0 unspecified atom stereocenters. The van der Waals surface area contributed by atoms with E-state index in [2.05, 4.69) is 0 Å². The first kappa shape index (κ1) is 15.7. The van der Waals surface area contributed by atoms with Gasteiger partial charge in [-0.15, -0.1) is 0 Å². The summed E-state index contributed by atoms with van der Waals surface area (Å²) in [5.41, 5.74) is -1.54. The van der Waals surface area contributed by atoms with Crippen molar-refractivity contribution in [3.05, 3.63) is 34.6 Å². The molecule has 0 aromatic heterocycles. The maximum atomic E-state index is 13.4. The number of esters is 1. The summed E-state index contributed by atoms with van der Waals surface area (Å²) in [5, 5.41) is 0. The fourth-order valence-electron chi connectivity index (χ4n) is 2.40. The lowest BCUT2D eigenvalue weighted by Gasteiger charge is -2.21. The van der Waals surface area contributed by atoms with Gasteiger partial charge in [-0.25, -0.2) is 26.7 Å². The molecular formula is C14H13F5O2.